The van der Waals surface area contributed by atoms with Crippen molar-refractivity contribution in [3.63, 3.8) is 0 Å². The Bertz CT molecular complexity index is 1230. The summed E-state index contributed by atoms with van der Waals surface area (Å²) in [5.41, 5.74) is 12.6. The van der Waals surface area contributed by atoms with Crippen molar-refractivity contribution in [2.24, 2.45) is 5.73 Å². The van der Waals surface area contributed by atoms with Gasteiger partial charge in [-0.05, 0) is 75.1 Å². The third-order valence-electron chi connectivity index (χ3n) is 5.41. The average Bonchev–Trinajstić information content (AvgIpc) is 2.91. The lowest BCUT2D eigenvalue weighted by atomic mass is 10.0. The van der Waals surface area contributed by atoms with Gasteiger partial charge >= 0.3 is 0 Å². The van der Waals surface area contributed by atoms with Crippen molar-refractivity contribution in [1.82, 2.24) is 20.7 Å². The maximum atomic E-state index is 13.3. The number of amides is 2. The number of rotatable bonds is 12. The summed E-state index contributed by atoms with van der Waals surface area (Å²) >= 11 is 0. The topological polar surface area (TPSA) is 155 Å². The quantitative estimate of drug-likeness (QED) is 0.139. The Hall–Kier alpha value is -4.64. The van der Waals surface area contributed by atoms with Crippen molar-refractivity contribution in [1.29, 1.82) is 5.41 Å². The number of anilines is 1. The van der Waals surface area contributed by atoms with E-state index in [0.717, 1.165) is 6.54 Å². The van der Waals surface area contributed by atoms with Gasteiger partial charge in [-0.25, -0.2) is 0 Å². The predicted octanol–water partition coefficient (Wildman–Crippen LogP) is 2.32. The van der Waals surface area contributed by atoms with Gasteiger partial charge in [0.05, 0.1) is 6.61 Å². The number of likely N-dealkylation sites (N-methyl/N-ethyl adjacent to an activating group) is 1. The molecule has 11 heteroatoms. The van der Waals surface area contributed by atoms with Crippen LogP contribution in [-0.2, 0) is 4.79 Å². The number of aromatic nitrogens is 1. The van der Waals surface area contributed by atoms with Crippen LogP contribution in [0.2, 0.25) is 0 Å². The molecule has 1 atom stereocenters. The van der Waals surface area contributed by atoms with Crippen LogP contribution in [-0.4, -0.2) is 61.4 Å². The molecule has 1 heterocycles. The predicted molar refractivity (Wildman–Crippen MR) is 145 cm³/mol. The van der Waals surface area contributed by atoms with E-state index < -0.39 is 17.9 Å². The fraction of sp³-hybridized carbons (Fsp3) is 0.259. The van der Waals surface area contributed by atoms with Crippen LogP contribution in [0.4, 0.5) is 5.69 Å². The van der Waals surface area contributed by atoms with Gasteiger partial charge in [0.2, 0.25) is 0 Å². The van der Waals surface area contributed by atoms with Crippen molar-refractivity contribution in [2.75, 3.05) is 39.2 Å². The van der Waals surface area contributed by atoms with E-state index in [-0.39, 0.29) is 5.84 Å². The molecule has 0 spiro atoms. The molecule has 3 rings (SSSR count). The molecular weight excluding hydrogens is 486 g/mol. The number of nitrogen functional groups attached to an aromatic ring is 1. The van der Waals surface area contributed by atoms with E-state index >= 15 is 0 Å². The largest absolute Gasteiger partial charge is 0.490 e. The first-order valence-corrected chi connectivity index (χ1v) is 12.0. The molecule has 0 aliphatic heterocycles. The zero-order valence-electron chi connectivity index (χ0n) is 21.7. The van der Waals surface area contributed by atoms with E-state index in [0.29, 0.717) is 47.1 Å². The summed E-state index contributed by atoms with van der Waals surface area (Å²) in [7, 11) is 3.92. The second kappa shape index (κ2) is 13.6. The number of nitrogens with one attached hydrogen (secondary N) is 4. The fourth-order valence-corrected chi connectivity index (χ4v) is 3.41. The molecular formula is C27H33N7O4. The monoisotopic (exact) mass is 519 g/mol. The molecule has 6 N–H and O–H groups in total. The molecule has 2 amide bonds. The molecule has 0 aliphatic carbocycles. The van der Waals surface area contributed by atoms with Gasteiger partial charge < -0.3 is 25.4 Å². The molecule has 1 unspecified atom stereocenters. The van der Waals surface area contributed by atoms with Gasteiger partial charge in [-0.3, -0.25) is 30.8 Å². The highest BCUT2D eigenvalue weighted by molar-refractivity contribution is 5.97. The number of hydrogen-bond acceptors (Lipinski definition) is 8. The Morgan fingerprint density at radius 2 is 1.68 bits per heavy atom. The molecule has 0 radical (unpaired) electrons. The zero-order chi connectivity index (χ0) is 27.5. The first-order chi connectivity index (χ1) is 18.3. The average molecular weight is 520 g/mol. The Labute approximate surface area is 221 Å². The van der Waals surface area contributed by atoms with Gasteiger partial charge in [-0.1, -0.05) is 6.07 Å². The third-order valence-corrected chi connectivity index (χ3v) is 5.41. The fourth-order valence-electron chi connectivity index (χ4n) is 3.41. The van der Waals surface area contributed by atoms with Gasteiger partial charge in [0.1, 0.15) is 18.5 Å². The SMILES string of the molecule is CCOc1cc(C(Nc2ccc(C(=N)N)cc2)C(=O)NNC(=O)c2ccncc2)ccc1OCCN(C)C. The normalized spacial score (nSPS) is 11.4. The van der Waals surface area contributed by atoms with Crippen LogP contribution in [0, 0.1) is 5.41 Å². The molecule has 2 aromatic carbocycles. The summed E-state index contributed by atoms with van der Waals surface area (Å²) < 4.78 is 11.7. The summed E-state index contributed by atoms with van der Waals surface area (Å²) in [6.45, 7) is 3.47. The Kier molecular flexibility index (Phi) is 10.0. The maximum absolute atomic E-state index is 13.3. The van der Waals surface area contributed by atoms with Gasteiger partial charge in [0.25, 0.3) is 11.8 Å². The Morgan fingerprint density at radius 3 is 2.32 bits per heavy atom. The van der Waals surface area contributed by atoms with Gasteiger partial charge in [-0.2, -0.15) is 0 Å². The number of benzene rings is 2. The maximum Gasteiger partial charge on any atom is 0.269 e. The Balaban J connectivity index is 1.86. The van der Waals surface area contributed by atoms with Crippen molar-refractivity contribution in [3.05, 3.63) is 83.7 Å². The summed E-state index contributed by atoms with van der Waals surface area (Å²) in [5.74, 6) is 0.0112. The molecule has 0 saturated carbocycles. The smallest absolute Gasteiger partial charge is 0.269 e. The minimum absolute atomic E-state index is 0.0594. The number of carbonyl (C=O) groups excluding carboxylic acids is 2. The molecule has 38 heavy (non-hydrogen) atoms. The van der Waals surface area contributed by atoms with Crippen LogP contribution in [0.5, 0.6) is 11.5 Å². The molecule has 11 nitrogen and oxygen atoms in total. The minimum atomic E-state index is -0.911. The number of amidine groups is 1. The lowest BCUT2D eigenvalue weighted by molar-refractivity contribution is -0.122. The van der Waals surface area contributed by atoms with Crippen molar-refractivity contribution in [3.8, 4) is 11.5 Å². The molecule has 0 bridgehead atoms. The van der Waals surface area contributed by atoms with E-state index in [1.165, 1.54) is 24.5 Å². The van der Waals surface area contributed by atoms with E-state index in [1.54, 1.807) is 42.5 Å². The number of nitrogens with two attached hydrogens (primary N) is 1. The highest BCUT2D eigenvalue weighted by atomic mass is 16.5. The third kappa shape index (κ3) is 7.93. The summed E-state index contributed by atoms with van der Waals surface area (Å²) in [6.07, 6.45) is 2.98. The highest BCUT2D eigenvalue weighted by Crippen LogP contribution is 2.32. The summed E-state index contributed by atoms with van der Waals surface area (Å²) in [4.78, 5) is 31.7. The number of nitrogens with zero attached hydrogens (tertiary/aromatic N) is 2. The van der Waals surface area contributed by atoms with Crippen LogP contribution in [0.1, 0.15) is 34.5 Å². The first-order valence-electron chi connectivity index (χ1n) is 12.0. The van der Waals surface area contributed by atoms with E-state index in [9.17, 15) is 9.59 Å². The highest BCUT2D eigenvalue weighted by Gasteiger charge is 2.23. The van der Waals surface area contributed by atoms with Gasteiger partial charge in [0, 0.05) is 35.8 Å². The van der Waals surface area contributed by atoms with Crippen LogP contribution < -0.4 is 31.4 Å². The van der Waals surface area contributed by atoms with E-state index in [2.05, 4.69) is 21.2 Å². The molecule has 200 valence electrons. The number of carbonyl (C=O) groups is 2. The van der Waals surface area contributed by atoms with Crippen LogP contribution >= 0.6 is 0 Å². The minimum Gasteiger partial charge on any atom is -0.490 e. The van der Waals surface area contributed by atoms with Crippen LogP contribution in [0.25, 0.3) is 0 Å². The molecule has 0 aliphatic rings. The van der Waals surface area contributed by atoms with Gasteiger partial charge in [0.15, 0.2) is 11.5 Å². The summed E-state index contributed by atoms with van der Waals surface area (Å²) in [5, 5.41) is 10.8. The van der Waals surface area contributed by atoms with Crippen molar-refractivity contribution < 1.29 is 19.1 Å². The van der Waals surface area contributed by atoms with Gasteiger partial charge in [-0.15, -0.1) is 0 Å². The molecule has 0 fully saturated rings. The van der Waals surface area contributed by atoms with Crippen LogP contribution in [0.15, 0.2) is 67.0 Å². The lowest BCUT2D eigenvalue weighted by Crippen LogP contribution is -2.45. The molecule has 3 aromatic rings. The number of pyridine rings is 1. The summed E-state index contributed by atoms with van der Waals surface area (Å²) in [6, 6.07) is 14.2. The Morgan fingerprint density at radius 1 is 0.974 bits per heavy atom. The number of hydrogen-bond donors (Lipinski definition) is 5. The molecule has 1 aromatic heterocycles. The van der Waals surface area contributed by atoms with Crippen molar-refractivity contribution in [2.45, 2.75) is 13.0 Å². The zero-order valence-corrected chi connectivity index (χ0v) is 21.7. The van der Waals surface area contributed by atoms with Crippen LogP contribution in [0.3, 0.4) is 0 Å². The molecule has 0 saturated heterocycles. The number of hydrazine groups is 1. The standard InChI is InChI=1S/C27H33N7O4/c1-4-37-23-17-20(7-10-22(23)38-16-15-34(2)3)24(31-21-8-5-18(6-9-21)25(28)29)27(36)33-32-26(35)19-11-13-30-14-12-19/h5-14,17,24,31H,4,15-16H2,1-3H3,(H3,28,29)(H,32,35)(H,33,36). The number of ether oxygens (including phenoxy) is 2. The lowest BCUT2D eigenvalue weighted by Gasteiger charge is -2.22. The first kappa shape index (κ1) is 27.9. The second-order valence-corrected chi connectivity index (χ2v) is 8.54. The second-order valence-electron chi connectivity index (χ2n) is 8.54. The van der Waals surface area contributed by atoms with E-state index in [1.807, 2.05) is 25.9 Å². The van der Waals surface area contributed by atoms with Crippen molar-refractivity contribution >= 4 is 23.3 Å². The van der Waals surface area contributed by atoms with E-state index in [4.69, 9.17) is 20.6 Å².